The average Bonchev–Trinajstić information content (AvgIpc) is 2.27. The molecule has 1 atom stereocenters. The van der Waals surface area contributed by atoms with E-state index in [4.69, 9.17) is 0 Å². The molecule has 4 heteroatoms. The van der Waals surface area contributed by atoms with Crippen LogP contribution in [0.5, 0.6) is 5.75 Å². The van der Waals surface area contributed by atoms with E-state index >= 15 is 0 Å². The predicted octanol–water partition coefficient (Wildman–Crippen LogP) is 1.98. The van der Waals surface area contributed by atoms with Crippen LogP contribution < -0.4 is 5.32 Å². The molecule has 1 aliphatic rings. The zero-order valence-corrected chi connectivity index (χ0v) is 9.16. The van der Waals surface area contributed by atoms with Crippen molar-refractivity contribution < 1.29 is 15.0 Å². The van der Waals surface area contributed by atoms with Gasteiger partial charge >= 0.3 is 5.97 Å². The summed E-state index contributed by atoms with van der Waals surface area (Å²) in [5.74, 6) is -0.674. The van der Waals surface area contributed by atoms with Crippen LogP contribution in [0.2, 0.25) is 0 Å². The Balaban J connectivity index is 2.38. The Morgan fingerprint density at radius 3 is 2.94 bits per heavy atom. The number of hydrogen-bond acceptors (Lipinski definition) is 3. The molecule has 86 valence electrons. The number of rotatable bonds is 2. The predicted molar refractivity (Wildman–Crippen MR) is 60.7 cm³/mol. The number of aromatic hydroxyl groups is 1. The van der Waals surface area contributed by atoms with Crippen molar-refractivity contribution in [2.75, 3.05) is 5.32 Å². The van der Waals surface area contributed by atoms with Crippen LogP contribution in [0.1, 0.15) is 25.3 Å². The van der Waals surface area contributed by atoms with E-state index in [1.54, 1.807) is 12.1 Å². The third-order valence-electron chi connectivity index (χ3n) is 3.30. The zero-order valence-electron chi connectivity index (χ0n) is 9.16. The number of anilines is 1. The molecule has 0 aromatic heterocycles. The number of carbonyl (C=O) groups is 1. The number of phenolic OH excluding ortho intramolecular Hbond substituents is 1. The molecule has 0 radical (unpaired) electrons. The molecule has 3 N–H and O–H groups in total. The monoisotopic (exact) mass is 221 g/mol. The molecule has 0 saturated carbocycles. The van der Waals surface area contributed by atoms with Gasteiger partial charge in [-0.15, -0.1) is 0 Å². The second-order valence-electron chi connectivity index (χ2n) is 4.21. The van der Waals surface area contributed by atoms with Crippen molar-refractivity contribution in [1.82, 2.24) is 0 Å². The van der Waals surface area contributed by atoms with Crippen LogP contribution in [0.3, 0.4) is 0 Å². The Bertz CT molecular complexity index is 430. The lowest BCUT2D eigenvalue weighted by molar-refractivity contribution is -0.142. The Morgan fingerprint density at radius 2 is 2.31 bits per heavy atom. The molecule has 0 saturated heterocycles. The lowest BCUT2D eigenvalue weighted by Gasteiger charge is -2.35. The van der Waals surface area contributed by atoms with E-state index < -0.39 is 11.5 Å². The van der Waals surface area contributed by atoms with Gasteiger partial charge in [-0.2, -0.15) is 0 Å². The van der Waals surface area contributed by atoms with Crippen LogP contribution in [0.4, 0.5) is 5.69 Å². The van der Waals surface area contributed by atoms with E-state index in [1.165, 1.54) is 0 Å². The molecule has 1 unspecified atom stereocenters. The molecule has 2 rings (SSSR count). The van der Waals surface area contributed by atoms with Gasteiger partial charge in [-0.05, 0) is 30.9 Å². The molecule has 0 fully saturated rings. The van der Waals surface area contributed by atoms with Gasteiger partial charge in [0.1, 0.15) is 11.3 Å². The Hall–Kier alpha value is -1.71. The highest BCUT2D eigenvalue weighted by atomic mass is 16.4. The Labute approximate surface area is 93.9 Å². The van der Waals surface area contributed by atoms with E-state index in [0.29, 0.717) is 12.8 Å². The molecule has 0 amide bonds. The van der Waals surface area contributed by atoms with Gasteiger partial charge in [0, 0.05) is 11.8 Å². The van der Waals surface area contributed by atoms with Crippen LogP contribution in [0, 0.1) is 0 Å². The largest absolute Gasteiger partial charge is 0.508 e. The first kappa shape index (κ1) is 10.8. The fourth-order valence-corrected chi connectivity index (χ4v) is 2.14. The molecular weight excluding hydrogens is 206 g/mol. The average molecular weight is 221 g/mol. The van der Waals surface area contributed by atoms with Crippen LogP contribution in [0.15, 0.2) is 18.2 Å². The van der Waals surface area contributed by atoms with Gasteiger partial charge in [-0.3, -0.25) is 0 Å². The van der Waals surface area contributed by atoms with Gasteiger partial charge < -0.3 is 15.5 Å². The van der Waals surface area contributed by atoms with Crippen molar-refractivity contribution in [3.63, 3.8) is 0 Å². The summed E-state index contributed by atoms with van der Waals surface area (Å²) in [6, 6.07) is 5.04. The summed E-state index contributed by atoms with van der Waals surface area (Å²) in [5, 5.41) is 21.7. The van der Waals surface area contributed by atoms with Crippen LogP contribution in [-0.4, -0.2) is 21.7 Å². The van der Waals surface area contributed by atoms with Crippen molar-refractivity contribution in [1.29, 1.82) is 0 Å². The summed E-state index contributed by atoms with van der Waals surface area (Å²) in [4.78, 5) is 11.3. The SMILES string of the molecule is CCC1(C(=O)O)CCc2ccc(O)cc2N1. The van der Waals surface area contributed by atoms with Crippen molar-refractivity contribution in [3.8, 4) is 5.75 Å². The summed E-state index contributed by atoms with van der Waals surface area (Å²) in [6.07, 6.45) is 1.83. The molecule has 1 aromatic carbocycles. The summed E-state index contributed by atoms with van der Waals surface area (Å²) < 4.78 is 0. The number of carboxylic acid groups (broad SMARTS) is 1. The van der Waals surface area contributed by atoms with E-state index in [-0.39, 0.29) is 5.75 Å². The molecular formula is C12H15NO3. The van der Waals surface area contributed by atoms with Crippen LogP contribution in [0.25, 0.3) is 0 Å². The zero-order chi connectivity index (χ0) is 11.8. The highest BCUT2D eigenvalue weighted by Crippen LogP contribution is 2.34. The quantitative estimate of drug-likeness (QED) is 0.714. The highest BCUT2D eigenvalue weighted by molar-refractivity contribution is 5.84. The first-order valence-electron chi connectivity index (χ1n) is 5.41. The van der Waals surface area contributed by atoms with Gasteiger partial charge in [0.25, 0.3) is 0 Å². The molecule has 0 spiro atoms. The third kappa shape index (κ3) is 1.60. The van der Waals surface area contributed by atoms with Gasteiger partial charge in [0.2, 0.25) is 0 Å². The lowest BCUT2D eigenvalue weighted by Crippen LogP contribution is -2.48. The first-order chi connectivity index (χ1) is 7.57. The third-order valence-corrected chi connectivity index (χ3v) is 3.30. The van der Waals surface area contributed by atoms with Crippen LogP contribution >= 0.6 is 0 Å². The second-order valence-corrected chi connectivity index (χ2v) is 4.21. The molecule has 1 heterocycles. The van der Waals surface area contributed by atoms with E-state index in [1.807, 2.05) is 13.0 Å². The van der Waals surface area contributed by atoms with Crippen LogP contribution in [-0.2, 0) is 11.2 Å². The minimum atomic E-state index is -0.888. The number of nitrogens with one attached hydrogen (secondary N) is 1. The minimum absolute atomic E-state index is 0.156. The van der Waals surface area contributed by atoms with Gasteiger partial charge in [-0.1, -0.05) is 13.0 Å². The number of hydrogen-bond donors (Lipinski definition) is 3. The molecule has 16 heavy (non-hydrogen) atoms. The minimum Gasteiger partial charge on any atom is -0.508 e. The second kappa shape index (κ2) is 3.70. The molecule has 0 bridgehead atoms. The fourth-order valence-electron chi connectivity index (χ4n) is 2.14. The summed E-state index contributed by atoms with van der Waals surface area (Å²) in [5.41, 5.74) is 0.902. The van der Waals surface area contributed by atoms with E-state index in [2.05, 4.69) is 5.32 Å². The van der Waals surface area contributed by atoms with Crippen molar-refractivity contribution in [3.05, 3.63) is 23.8 Å². The number of aliphatic carboxylic acids is 1. The van der Waals surface area contributed by atoms with E-state index in [0.717, 1.165) is 17.7 Å². The van der Waals surface area contributed by atoms with Crippen molar-refractivity contribution in [2.24, 2.45) is 0 Å². The Morgan fingerprint density at radius 1 is 1.56 bits per heavy atom. The number of carboxylic acids is 1. The first-order valence-corrected chi connectivity index (χ1v) is 5.41. The standard InChI is InChI=1S/C12H15NO3/c1-2-12(11(15)16)6-5-8-3-4-9(14)7-10(8)13-12/h3-4,7,13-14H,2,5-6H2,1H3,(H,15,16). The van der Waals surface area contributed by atoms with Gasteiger partial charge in [0.15, 0.2) is 0 Å². The number of benzene rings is 1. The van der Waals surface area contributed by atoms with Crippen molar-refractivity contribution in [2.45, 2.75) is 31.7 Å². The maximum Gasteiger partial charge on any atom is 0.329 e. The normalized spacial score (nSPS) is 23.3. The summed E-state index contributed by atoms with van der Waals surface area (Å²) in [6.45, 7) is 1.86. The summed E-state index contributed by atoms with van der Waals surface area (Å²) in [7, 11) is 0. The maximum atomic E-state index is 11.3. The lowest BCUT2D eigenvalue weighted by atomic mass is 9.84. The topological polar surface area (TPSA) is 69.6 Å². The number of aryl methyl sites for hydroxylation is 1. The highest BCUT2D eigenvalue weighted by Gasteiger charge is 2.39. The maximum absolute atomic E-state index is 11.3. The fraction of sp³-hybridized carbons (Fsp3) is 0.417. The van der Waals surface area contributed by atoms with Crippen molar-refractivity contribution >= 4 is 11.7 Å². The molecule has 1 aliphatic heterocycles. The van der Waals surface area contributed by atoms with Gasteiger partial charge in [0.05, 0.1) is 0 Å². The molecule has 0 aliphatic carbocycles. The summed E-state index contributed by atoms with van der Waals surface area (Å²) >= 11 is 0. The molecule has 4 nitrogen and oxygen atoms in total. The number of phenols is 1. The Kier molecular flexibility index (Phi) is 2.50. The molecule has 1 aromatic rings. The number of fused-ring (bicyclic) bond motifs is 1. The van der Waals surface area contributed by atoms with Gasteiger partial charge in [-0.25, -0.2) is 4.79 Å². The van der Waals surface area contributed by atoms with E-state index in [9.17, 15) is 15.0 Å². The smallest absolute Gasteiger partial charge is 0.329 e.